The van der Waals surface area contributed by atoms with Gasteiger partial charge in [0, 0.05) is 25.1 Å². The molecular weight excluding hydrogens is 238 g/mol. The lowest BCUT2D eigenvalue weighted by Crippen LogP contribution is -2.27. The summed E-state index contributed by atoms with van der Waals surface area (Å²) in [6.45, 7) is 2.67. The number of hydrogen-bond donors (Lipinski definition) is 1. The molecule has 0 atom stereocenters. The molecule has 0 saturated heterocycles. The summed E-state index contributed by atoms with van der Waals surface area (Å²) in [4.78, 5) is 16.9. The number of nitrogens with zero attached hydrogens (tertiary/aromatic N) is 2. The Balaban J connectivity index is 1.67. The Morgan fingerprint density at radius 1 is 1.32 bits per heavy atom. The van der Waals surface area contributed by atoms with Crippen LogP contribution in [-0.4, -0.2) is 22.6 Å². The Hall–Kier alpha value is -1.16. The van der Waals surface area contributed by atoms with Gasteiger partial charge in [0.15, 0.2) is 0 Å². The number of fused-ring (bicyclic) bond motifs is 1. The van der Waals surface area contributed by atoms with E-state index in [1.165, 1.54) is 25.7 Å². The van der Waals surface area contributed by atoms with Crippen LogP contribution >= 0.6 is 0 Å². The molecule has 104 valence electrons. The summed E-state index contributed by atoms with van der Waals surface area (Å²) in [6.07, 6.45) is 10.0. The fourth-order valence-electron chi connectivity index (χ4n) is 3.07. The SMILES string of the molecule is O=c1c2c(ncn1CCCC1CCC1)CCNCC2. The van der Waals surface area contributed by atoms with Crippen molar-refractivity contribution in [2.24, 2.45) is 5.92 Å². The highest BCUT2D eigenvalue weighted by molar-refractivity contribution is 5.19. The second kappa shape index (κ2) is 5.87. The summed E-state index contributed by atoms with van der Waals surface area (Å²) in [6, 6.07) is 0. The van der Waals surface area contributed by atoms with Crippen molar-refractivity contribution in [1.82, 2.24) is 14.9 Å². The standard InChI is InChI=1S/C15H23N3O/c19-15-13-6-8-16-9-7-14(13)17-11-18(15)10-2-5-12-3-1-4-12/h11-12,16H,1-10H2. The van der Waals surface area contributed by atoms with Gasteiger partial charge < -0.3 is 5.32 Å². The summed E-state index contributed by atoms with van der Waals surface area (Å²) in [5, 5.41) is 3.33. The predicted octanol–water partition coefficient (Wildman–Crippen LogP) is 1.51. The van der Waals surface area contributed by atoms with Gasteiger partial charge in [-0.2, -0.15) is 0 Å². The molecule has 4 nitrogen and oxygen atoms in total. The molecule has 3 rings (SSSR count). The van der Waals surface area contributed by atoms with Crippen LogP contribution in [-0.2, 0) is 19.4 Å². The molecule has 0 spiro atoms. The lowest BCUT2D eigenvalue weighted by atomic mass is 9.82. The third-order valence-corrected chi connectivity index (χ3v) is 4.55. The second-order valence-electron chi connectivity index (χ2n) is 5.86. The first-order valence-electron chi connectivity index (χ1n) is 7.62. The summed E-state index contributed by atoms with van der Waals surface area (Å²) >= 11 is 0. The minimum absolute atomic E-state index is 0.197. The molecule has 2 heterocycles. The molecule has 1 aliphatic carbocycles. The fourth-order valence-corrected chi connectivity index (χ4v) is 3.07. The normalized spacial score (nSPS) is 19.6. The highest BCUT2D eigenvalue weighted by atomic mass is 16.1. The minimum atomic E-state index is 0.197. The largest absolute Gasteiger partial charge is 0.316 e. The van der Waals surface area contributed by atoms with Gasteiger partial charge in [-0.3, -0.25) is 9.36 Å². The molecule has 1 aromatic heterocycles. The van der Waals surface area contributed by atoms with E-state index in [1.807, 2.05) is 4.57 Å². The Kier molecular flexibility index (Phi) is 3.97. The number of hydrogen-bond acceptors (Lipinski definition) is 3. The van der Waals surface area contributed by atoms with Crippen LogP contribution in [0.5, 0.6) is 0 Å². The van der Waals surface area contributed by atoms with Gasteiger partial charge in [0.25, 0.3) is 5.56 Å². The smallest absolute Gasteiger partial charge is 0.256 e. The number of aromatic nitrogens is 2. The maximum Gasteiger partial charge on any atom is 0.256 e. The maximum absolute atomic E-state index is 12.4. The molecule has 1 saturated carbocycles. The predicted molar refractivity (Wildman–Crippen MR) is 75.3 cm³/mol. The Labute approximate surface area is 114 Å². The zero-order valence-electron chi connectivity index (χ0n) is 11.5. The molecule has 1 fully saturated rings. The van der Waals surface area contributed by atoms with E-state index in [4.69, 9.17) is 0 Å². The average molecular weight is 261 g/mol. The van der Waals surface area contributed by atoms with Crippen molar-refractivity contribution >= 4 is 0 Å². The Morgan fingerprint density at radius 3 is 2.95 bits per heavy atom. The van der Waals surface area contributed by atoms with Crippen molar-refractivity contribution in [3.8, 4) is 0 Å². The van der Waals surface area contributed by atoms with Gasteiger partial charge in [0.1, 0.15) is 0 Å². The molecule has 1 aliphatic heterocycles. The van der Waals surface area contributed by atoms with Crippen LogP contribution in [0.15, 0.2) is 11.1 Å². The van der Waals surface area contributed by atoms with Gasteiger partial charge in [0.2, 0.25) is 0 Å². The quantitative estimate of drug-likeness (QED) is 0.893. The van der Waals surface area contributed by atoms with Gasteiger partial charge in [-0.1, -0.05) is 19.3 Å². The first-order chi connectivity index (χ1) is 9.34. The zero-order chi connectivity index (χ0) is 13.1. The monoisotopic (exact) mass is 261 g/mol. The molecular formula is C15H23N3O. The topological polar surface area (TPSA) is 46.9 Å². The van der Waals surface area contributed by atoms with Crippen LogP contribution in [0.25, 0.3) is 0 Å². The van der Waals surface area contributed by atoms with Crippen molar-refractivity contribution in [3.05, 3.63) is 27.9 Å². The number of nitrogens with one attached hydrogen (secondary N) is 1. The van der Waals surface area contributed by atoms with Gasteiger partial charge in [-0.05, 0) is 31.7 Å². The lowest BCUT2D eigenvalue weighted by molar-refractivity contribution is 0.284. The van der Waals surface area contributed by atoms with E-state index in [9.17, 15) is 4.79 Å². The van der Waals surface area contributed by atoms with Crippen LogP contribution in [0.1, 0.15) is 43.4 Å². The summed E-state index contributed by atoms with van der Waals surface area (Å²) in [7, 11) is 0. The number of rotatable bonds is 4. The van der Waals surface area contributed by atoms with Crippen LogP contribution in [0, 0.1) is 5.92 Å². The molecule has 0 amide bonds. The van der Waals surface area contributed by atoms with E-state index in [1.54, 1.807) is 6.33 Å². The highest BCUT2D eigenvalue weighted by Crippen LogP contribution is 2.30. The van der Waals surface area contributed by atoms with E-state index in [2.05, 4.69) is 10.3 Å². The van der Waals surface area contributed by atoms with E-state index in [-0.39, 0.29) is 5.56 Å². The molecule has 2 aliphatic rings. The average Bonchev–Trinajstić information content (AvgIpc) is 2.60. The maximum atomic E-state index is 12.4. The molecule has 0 bridgehead atoms. The van der Waals surface area contributed by atoms with Crippen LogP contribution in [0.4, 0.5) is 0 Å². The molecule has 19 heavy (non-hydrogen) atoms. The third kappa shape index (κ3) is 2.89. The summed E-state index contributed by atoms with van der Waals surface area (Å²) in [5.41, 5.74) is 2.14. The molecule has 0 radical (unpaired) electrons. The molecule has 4 heteroatoms. The zero-order valence-corrected chi connectivity index (χ0v) is 11.5. The van der Waals surface area contributed by atoms with Crippen LogP contribution in [0.3, 0.4) is 0 Å². The van der Waals surface area contributed by atoms with Crippen LogP contribution in [0.2, 0.25) is 0 Å². The van der Waals surface area contributed by atoms with Crippen molar-refractivity contribution < 1.29 is 0 Å². The van der Waals surface area contributed by atoms with Crippen molar-refractivity contribution in [2.75, 3.05) is 13.1 Å². The Bertz CT molecular complexity index is 491. The van der Waals surface area contributed by atoms with E-state index in [0.29, 0.717) is 0 Å². The van der Waals surface area contributed by atoms with Crippen molar-refractivity contribution in [2.45, 2.75) is 51.5 Å². The Morgan fingerprint density at radius 2 is 2.16 bits per heavy atom. The van der Waals surface area contributed by atoms with Crippen LogP contribution < -0.4 is 10.9 Å². The van der Waals surface area contributed by atoms with E-state index in [0.717, 1.165) is 56.1 Å². The molecule has 1 aromatic rings. The molecule has 1 N–H and O–H groups in total. The van der Waals surface area contributed by atoms with Gasteiger partial charge >= 0.3 is 0 Å². The lowest BCUT2D eigenvalue weighted by Gasteiger charge is -2.25. The van der Waals surface area contributed by atoms with E-state index < -0.39 is 0 Å². The molecule has 0 unspecified atom stereocenters. The fraction of sp³-hybridized carbons (Fsp3) is 0.733. The first-order valence-corrected chi connectivity index (χ1v) is 7.62. The van der Waals surface area contributed by atoms with Gasteiger partial charge in [-0.15, -0.1) is 0 Å². The first kappa shape index (κ1) is 12.9. The highest BCUT2D eigenvalue weighted by Gasteiger charge is 2.17. The second-order valence-corrected chi connectivity index (χ2v) is 5.86. The summed E-state index contributed by atoms with van der Waals surface area (Å²) in [5.74, 6) is 0.925. The molecule has 0 aromatic carbocycles. The van der Waals surface area contributed by atoms with Crippen molar-refractivity contribution in [3.63, 3.8) is 0 Å². The summed E-state index contributed by atoms with van der Waals surface area (Å²) < 4.78 is 1.82. The van der Waals surface area contributed by atoms with Gasteiger partial charge in [-0.25, -0.2) is 4.98 Å². The minimum Gasteiger partial charge on any atom is -0.316 e. The third-order valence-electron chi connectivity index (χ3n) is 4.55. The van der Waals surface area contributed by atoms with Gasteiger partial charge in [0.05, 0.1) is 12.0 Å². The van der Waals surface area contributed by atoms with Crippen molar-refractivity contribution in [1.29, 1.82) is 0 Å². The van der Waals surface area contributed by atoms with E-state index >= 15 is 0 Å². The number of aryl methyl sites for hydroxylation is 1.